The lowest BCUT2D eigenvalue weighted by molar-refractivity contribution is -0.128. The predicted molar refractivity (Wildman–Crippen MR) is 146 cm³/mol. The first-order chi connectivity index (χ1) is 17.9. The van der Waals surface area contributed by atoms with Crippen LogP contribution in [0.25, 0.3) is 0 Å². The van der Waals surface area contributed by atoms with E-state index >= 15 is 0 Å². The summed E-state index contributed by atoms with van der Waals surface area (Å²) in [5, 5.41) is 3.08. The smallest absolute Gasteiger partial charge is 0.242 e. The van der Waals surface area contributed by atoms with Crippen molar-refractivity contribution in [2.45, 2.75) is 18.2 Å². The largest absolute Gasteiger partial charge is 0.497 e. The molecule has 1 fully saturated rings. The summed E-state index contributed by atoms with van der Waals surface area (Å²) >= 11 is 7.42. The number of amidine groups is 1. The van der Waals surface area contributed by atoms with E-state index < -0.39 is 5.25 Å². The zero-order valence-corrected chi connectivity index (χ0v) is 22.1. The molecule has 2 amide bonds. The van der Waals surface area contributed by atoms with E-state index in [-0.39, 0.29) is 24.8 Å². The molecule has 0 spiro atoms. The van der Waals surface area contributed by atoms with E-state index in [9.17, 15) is 9.59 Å². The summed E-state index contributed by atoms with van der Waals surface area (Å²) in [7, 11) is 4.72. The Balaban J connectivity index is 1.58. The Labute approximate surface area is 224 Å². The minimum atomic E-state index is -0.639. The number of rotatable bonds is 9. The molecule has 1 saturated heterocycles. The topological polar surface area (TPSA) is 89.5 Å². The molecule has 1 aliphatic heterocycles. The number of nitrogens with one attached hydrogen (secondary N) is 1. The average Bonchev–Trinajstić information content (AvgIpc) is 3.18. The van der Waals surface area contributed by atoms with Crippen molar-refractivity contribution in [2.75, 3.05) is 26.6 Å². The van der Waals surface area contributed by atoms with Crippen molar-refractivity contribution in [3.8, 4) is 17.2 Å². The number of anilines is 1. The molecule has 1 aliphatic rings. The van der Waals surface area contributed by atoms with Gasteiger partial charge in [0.1, 0.15) is 11.0 Å². The Morgan fingerprint density at radius 3 is 2.41 bits per heavy atom. The predicted octanol–water partition coefficient (Wildman–Crippen LogP) is 5.53. The van der Waals surface area contributed by atoms with Crippen LogP contribution in [-0.2, 0) is 16.1 Å². The van der Waals surface area contributed by atoms with Crippen LogP contribution in [-0.4, -0.2) is 48.5 Å². The first kappa shape index (κ1) is 26.4. The van der Waals surface area contributed by atoms with Crippen molar-refractivity contribution in [1.82, 2.24) is 4.90 Å². The second-order valence-corrected chi connectivity index (χ2v) is 9.62. The van der Waals surface area contributed by atoms with E-state index in [4.69, 9.17) is 30.8 Å². The molecular formula is C27H26ClN3O5S. The van der Waals surface area contributed by atoms with E-state index in [1.54, 1.807) is 68.7 Å². The summed E-state index contributed by atoms with van der Waals surface area (Å²) in [6, 6.07) is 19.6. The lowest BCUT2D eigenvalue weighted by Crippen LogP contribution is -2.33. The molecule has 0 aliphatic carbocycles. The molecule has 37 heavy (non-hydrogen) atoms. The lowest BCUT2D eigenvalue weighted by Gasteiger charge is -2.18. The van der Waals surface area contributed by atoms with Crippen LogP contribution in [0.3, 0.4) is 0 Å². The van der Waals surface area contributed by atoms with Crippen molar-refractivity contribution in [1.29, 1.82) is 0 Å². The minimum Gasteiger partial charge on any atom is -0.497 e. The van der Waals surface area contributed by atoms with Crippen LogP contribution in [0.5, 0.6) is 17.2 Å². The third kappa shape index (κ3) is 6.36. The number of amides is 2. The second-order valence-electron chi connectivity index (χ2n) is 8.04. The first-order valence-electron chi connectivity index (χ1n) is 11.4. The van der Waals surface area contributed by atoms with Crippen LogP contribution < -0.4 is 19.5 Å². The van der Waals surface area contributed by atoms with Crippen molar-refractivity contribution in [2.24, 2.45) is 4.99 Å². The Hall–Kier alpha value is -3.69. The van der Waals surface area contributed by atoms with Crippen LogP contribution in [0.4, 0.5) is 11.4 Å². The van der Waals surface area contributed by atoms with Crippen LogP contribution in [0, 0.1) is 0 Å². The highest BCUT2D eigenvalue weighted by molar-refractivity contribution is 8.15. The van der Waals surface area contributed by atoms with Crippen LogP contribution in [0.15, 0.2) is 71.7 Å². The summed E-state index contributed by atoms with van der Waals surface area (Å²) in [4.78, 5) is 32.6. The first-order valence-corrected chi connectivity index (χ1v) is 12.6. The number of benzene rings is 3. The monoisotopic (exact) mass is 539 g/mol. The normalized spacial score (nSPS) is 16.1. The third-order valence-electron chi connectivity index (χ3n) is 5.62. The molecule has 192 valence electrons. The SMILES string of the molecule is COc1ccc(N=C2S[C@@H](CC(=O)Nc3ccccc3Cl)C(=O)N2Cc2ccc(OC)c(OC)c2)cc1. The van der Waals surface area contributed by atoms with Gasteiger partial charge in [0.25, 0.3) is 0 Å². The van der Waals surface area contributed by atoms with Crippen LogP contribution in [0.2, 0.25) is 5.02 Å². The molecule has 1 atom stereocenters. The summed E-state index contributed by atoms with van der Waals surface area (Å²) in [5.41, 5.74) is 1.99. The van der Waals surface area contributed by atoms with Gasteiger partial charge in [0, 0.05) is 6.42 Å². The van der Waals surface area contributed by atoms with Gasteiger partial charge in [-0.1, -0.05) is 41.6 Å². The summed E-state index contributed by atoms with van der Waals surface area (Å²) < 4.78 is 16.0. The van der Waals surface area contributed by atoms with Gasteiger partial charge < -0.3 is 19.5 Å². The fraction of sp³-hybridized carbons (Fsp3) is 0.222. The summed E-state index contributed by atoms with van der Waals surface area (Å²) in [6.07, 6.45) is -0.0290. The maximum atomic E-state index is 13.5. The number of ether oxygens (including phenoxy) is 3. The molecule has 1 heterocycles. The zero-order chi connectivity index (χ0) is 26.4. The fourth-order valence-corrected chi connectivity index (χ4v) is 5.07. The number of carbonyl (C=O) groups is 2. The lowest BCUT2D eigenvalue weighted by atomic mass is 10.1. The van der Waals surface area contributed by atoms with Crippen molar-refractivity contribution in [3.63, 3.8) is 0 Å². The van der Waals surface area contributed by atoms with E-state index in [2.05, 4.69) is 5.32 Å². The van der Waals surface area contributed by atoms with Gasteiger partial charge in [0.05, 0.1) is 44.3 Å². The highest BCUT2D eigenvalue weighted by Gasteiger charge is 2.39. The van der Waals surface area contributed by atoms with Gasteiger partial charge in [-0.25, -0.2) is 4.99 Å². The maximum absolute atomic E-state index is 13.5. The molecular weight excluding hydrogens is 514 g/mol. The quantitative estimate of drug-likeness (QED) is 0.385. The summed E-state index contributed by atoms with van der Waals surface area (Å²) in [5.74, 6) is 1.34. The molecule has 0 bridgehead atoms. The van der Waals surface area contributed by atoms with E-state index in [1.807, 2.05) is 24.3 Å². The Morgan fingerprint density at radius 2 is 1.73 bits per heavy atom. The van der Waals surface area contributed by atoms with Gasteiger partial charge in [-0.05, 0) is 54.1 Å². The third-order valence-corrected chi connectivity index (χ3v) is 7.13. The molecule has 0 radical (unpaired) electrons. The number of methoxy groups -OCH3 is 3. The number of carbonyl (C=O) groups excluding carboxylic acids is 2. The molecule has 3 aromatic rings. The van der Waals surface area contributed by atoms with Crippen LogP contribution in [0.1, 0.15) is 12.0 Å². The highest BCUT2D eigenvalue weighted by atomic mass is 35.5. The molecule has 0 saturated carbocycles. The number of nitrogens with zero attached hydrogens (tertiary/aromatic N) is 2. The van der Waals surface area contributed by atoms with Crippen LogP contribution >= 0.6 is 23.4 Å². The molecule has 10 heteroatoms. The minimum absolute atomic E-state index is 0.0290. The number of aliphatic imine (C=N–C) groups is 1. The molecule has 0 aromatic heterocycles. The van der Waals surface area contributed by atoms with E-state index in [0.717, 1.165) is 5.56 Å². The fourth-order valence-electron chi connectivity index (χ4n) is 3.73. The van der Waals surface area contributed by atoms with Gasteiger partial charge in [-0.2, -0.15) is 0 Å². The van der Waals surface area contributed by atoms with Gasteiger partial charge in [-0.3, -0.25) is 14.5 Å². The van der Waals surface area contributed by atoms with Gasteiger partial charge in [0.15, 0.2) is 16.7 Å². The molecule has 1 N–H and O–H groups in total. The van der Waals surface area contributed by atoms with Gasteiger partial charge in [0.2, 0.25) is 11.8 Å². The molecule has 0 unspecified atom stereocenters. The Bertz CT molecular complexity index is 1320. The summed E-state index contributed by atoms with van der Waals surface area (Å²) in [6.45, 7) is 0.254. The van der Waals surface area contributed by atoms with Crippen molar-refractivity contribution in [3.05, 3.63) is 77.3 Å². The molecule has 3 aromatic carbocycles. The number of thioether (sulfide) groups is 1. The number of para-hydroxylation sites is 1. The highest BCUT2D eigenvalue weighted by Crippen LogP contribution is 2.35. The number of hydrogen-bond acceptors (Lipinski definition) is 7. The zero-order valence-electron chi connectivity index (χ0n) is 20.6. The Kier molecular flexibility index (Phi) is 8.58. The number of halogens is 1. The number of hydrogen-bond donors (Lipinski definition) is 1. The van der Waals surface area contributed by atoms with Crippen molar-refractivity contribution < 1.29 is 23.8 Å². The molecule has 4 rings (SSSR count). The Morgan fingerprint density at radius 1 is 1.00 bits per heavy atom. The standard InChI is InChI=1S/C27H26ClN3O5S/c1-34-19-11-9-18(10-12-19)29-27-31(16-17-8-13-22(35-2)23(14-17)36-3)26(33)24(37-27)15-25(32)30-21-7-5-4-6-20(21)28/h4-14,24H,15-16H2,1-3H3,(H,30,32)/t24-/m0/s1. The van der Waals surface area contributed by atoms with Gasteiger partial charge in [-0.15, -0.1) is 0 Å². The van der Waals surface area contributed by atoms with Crippen molar-refractivity contribution >= 4 is 51.7 Å². The maximum Gasteiger partial charge on any atom is 0.242 e. The van der Waals surface area contributed by atoms with E-state index in [0.29, 0.717) is 38.8 Å². The second kappa shape index (κ2) is 12.0. The van der Waals surface area contributed by atoms with E-state index in [1.165, 1.54) is 11.8 Å². The van der Waals surface area contributed by atoms with Gasteiger partial charge >= 0.3 is 0 Å². The average molecular weight is 540 g/mol. The molecule has 8 nitrogen and oxygen atoms in total.